The SMILES string of the molecule is CN1CCC(COc2ncnc3sc4c(c23)[C@@H](COS(C)(=O)=O)CC4)CC1. The monoisotopic (exact) mass is 411 g/mol. The smallest absolute Gasteiger partial charge is 0.264 e. The van der Waals surface area contributed by atoms with Gasteiger partial charge in [-0.3, -0.25) is 4.18 Å². The molecule has 0 unspecified atom stereocenters. The predicted octanol–water partition coefficient (Wildman–Crippen LogP) is 2.42. The minimum atomic E-state index is -3.45. The molecular weight excluding hydrogens is 386 g/mol. The van der Waals surface area contributed by atoms with Gasteiger partial charge in [-0.15, -0.1) is 11.3 Å². The molecule has 0 N–H and O–H groups in total. The summed E-state index contributed by atoms with van der Waals surface area (Å²) in [5.74, 6) is 1.21. The first-order valence-corrected chi connectivity index (χ1v) is 12.0. The molecule has 7 nitrogen and oxygen atoms in total. The van der Waals surface area contributed by atoms with Crippen LogP contribution in [0.25, 0.3) is 10.2 Å². The number of thiophene rings is 1. The molecule has 0 amide bonds. The Morgan fingerprint density at radius 1 is 1.22 bits per heavy atom. The summed E-state index contributed by atoms with van der Waals surface area (Å²) in [7, 11) is -1.30. The molecule has 2 aliphatic rings. The van der Waals surface area contributed by atoms with Gasteiger partial charge in [-0.25, -0.2) is 9.97 Å². The van der Waals surface area contributed by atoms with E-state index in [1.807, 2.05) is 0 Å². The summed E-state index contributed by atoms with van der Waals surface area (Å²) < 4.78 is 34.0. The zero-order chi connectivity index (χ0) is 19.0. The van der Waals surface area contributed by atoms with Gasteiger partial charge in [0.05, 0.1) is 24.9 Å². The number of aryl methyl sites for hydroxylation is 1. The third-order valence-corrected chi connectivity index (χ3v) is 7.21. The van der Waals surface area contributed by atoms with Gasteiger partial charge in [0.25, 0.3) is 10.1 Å². The Balaban J connectivity index is 1.55. The molecule has 1 fully saturated rings. The lowest BCUT2D eigenvalue weighted by Gasteiger charge is -2.28. The lowest BCUT2D eigenvalue weighted by molar-refractivity contribution is 0.158. The van der Waals surface area contributed by atoms with E-state index in [1.54, 1.807) is 17.7 Å². The molecule has 0 bridgehead atoms. The number of ether oxygens (including phenoxy) is 1. The van der Waals surface area contributed by atoms with E-state index >= 15 is 0 Å². The van der Waals surface area contributed by atoms with Crippen molar-refractivity contribution < 1.29 is 17.3 Å². The van der Waals surface area contributed by atoms with Crippen LogP contribution in [0.2, 0.25) is 0 Å². The zero-order valence-corrected chi connectivity index (χ0v) is 17.3. The van der Waals surface area contributed by atoms with Crippen molar-refractivity contribution >= 4 is 31.7 Å². The van der Waals surface area contributed by atoms with Crippen LogP contribution < -0.4 is 4.74 Å². The van der Waals surface area contributed by atoms with Crippen molar-refractivity contribution in [1.82, 2.24) is 14.9 Å². The van der Waals surface area contributed by atoms with E-state index in [4.69, 9.17) is 8.92 Å². The molecule has 0 aromatic carbocycles. The predicted molar refractivity (Wildman–Crippen MR) is 105 cm³/mol. The van der Waals surface area contributed by atoms with E-state index in [9.17, 15) is 8.42 Å². The standard InChI is InChI=1S/C18H25N3O4S2/c1-21-7-5-12(6-8-21)9-24-17-16-15-13(10-25-27(2,22)23)3-4-14(15)26-18(16)20-11-19-17/h11-13H,3-10H2,1-2H3/t13-/m1/s1. The Bertz CT molecular complexity index is 920. The maximum absolute atomic E-state index is 11.4. The van der Waals surface area contributed by atoms with Gasteiger partial charge in [-0.05, 0) is 57.3 Å². The highest BCUT2D eigenvalue weighted by Crippen LogP contribution is 2.46. The molecule has 3 heterocycles. The molecule has 1 aliphatic carbocycles. The second-order valence-electron chi connectivity index (χ2n) is 7.58. The Morgan fingerprint density at radius 2 is 2.00 bits per heavy atom. The molecular formula is C18H25N3O4S2. The molecule has 0 spiro atoms. The van der Waals surface area contributed by atoms with Crippen molar-refractivity contribution in [3.05, 3.63) is 16.8 Å². The van der Waals surface area contributed by atoms with Gasteiger partial charge >= 0.3 is 0 Å². The Hall–Kier alpha value is -1.29. The minimum Gasteiger partial charge on any atom is -0.477 e. The van der Waals surface area contributed by atoms with Crippen LogP contribution in [0.15, 0.2) is 6.33 Å². The maximum atomic E-state index is 11.4. The van der Waals surface area contributed by atoms with Crippen molar-refractivity contribution in [2.24, 2.45) is 5.92 Å². The highest BCUT2D eigenvalue weighted by atomic mass is 32.2. The van der Waals surface area contributed by atoms with Gasteiger partial charge in [0.15, 0.2) is 0 Å². The number of rotatable bonds is 6. The third kappa shape index (κ3) is 4.26. The van der Waals surface area contributed by atoms with E-state index in [-0.39, 0.29) is 12.5 Å². The Labute approximate surface area is 163 Å². The van der Waals surface area contributed by atoms with Crippen LogP contribution in [0.5, 0.6) is 5.88 Å². The fourth-order valence-corrected chi connectivity index (χ4v) is 5.59. The summed E-state index contributed by atoms with van der Waals surface area (Å²) in [5, 5.41) is 0.949. The molecule has 4 rings (SSSR count). The second kappa shape index (κ2) is 7.62. The van der Waals surface area contributed by atoms with Crippen LogP contribution in [0.1, 0.15) is 35.6 Å². The number of likely N-dealkylation sites (tertiary alicyclic amines) is 1. The number of aromatic nitrogens is 2. The van der Waals surface area contributed by atoms with E-state index in [0.717, 1.165) is 60.8 Å². The number of fused-ring (bicyclic) bond motifs is 3. The van der Waals surface area contributed by atoms with Crippen LogP contribution >= 0.6 is 11.3 Å². The quantitative estimate of drug-likeness (QED) is 0.675. The summed E-state index contributed by atoms with van der Waals surface area (Å²) in [5.41, 5.74) is 1.12. The van der Waals surface area contributed by atoms with Crippen molar-refractivity contribution in [1.29, 1.82) is 0 Å². The Morgan fingerprint density at radius 3 is 2.74 bits per heavy atom. The van der Waals surface area contributed by atoms with Crippen molar-refractivity contribution in [2.45, 2.75) is 31.6 Å². The number of hydrogen-bond acceptors (Lipinski definition) is 8. The second-order valence-corrected chi connectivity index (χ2v) is 10.3. The highest BCUT2D eigenvalue weighted by molar-refractivity contribution is 7.85. The molecule has 1 aliphatic heterocycles. The molecule has 27 heavy (non-hydrogen) atoms. The molecule has 0 saturated carbocycles. The minimum absolute atomic E-state index is 0.0418. The highest BCUT2D eigenvalue weighted by Gasteiger charge is 2.31. The third-order valence-electron chi connectivity index (χ3n) is 5.47. The molecule has 1 atom stereocenters. The maximum Gasteiger partial charge on any atom is 0.264 e. The van der Waals surface area contributed by atoms with Crippen LogP contribution in [0.3, 0.4) is 0 Å². The van der Waals surface area contributed by atoms with Gasteiger partial charge in [-0.2, -0.15) is 8.42 Å². The summed E-state index contributed by atoms with van der Waals surface area (Å²) in [6, 6.07) is 0. The van der Waals surface area contributed by atoms with Gasteiger partial charge in [0.1, 0.15) is 11.2 Å². The number of hydrogen-bond donors (Lipinski definition) is 0. The van der Waals surface area contributed by atoms with E-state index < -0.39 is 10.1 Å². The lowest BCUT2D eigenvalue weighted by atomic mass is 9.98. The molecule has 0 radical (unpaired) electrons. The summed E-state index contributed by atoms with van der Waals surface area (Å²) >= 11 is 1.66. The topological polar surface area (TPSA) is 81.6 Å². The first-order valence-electron chi connectivity index (χ1n) is 9.32. The van der Waals surface area contributed by atoms with Gasteiger partial charge in [0.2, 0.25) is 5.88 Å². The van der Waals surface area contributed by atoms with E-state index in [2.05, 4.69) is 21.9 Å². The normalized spacial score (nSPS) is 21.6. The van der Waals surface area contributed by atoms with Crippen molar-refractivity contribution in [3.63, 3.8) is 0 Å². The van der Waals surface area contributed by atoms with Gasteiger partial charge in [-0.1, -0.05) is 0 Å². The van der Waals surface area contributed by atoms with Crippen LogP contribution in [-0.2, 0) is 20.7 Å². The molecule has 1 saturated heterocycles. The largest absolute Gasteiger partial charge is 0.477 e. The van der Waals surface area contributed by atoms with Gasteiger partial charge < -0.3 is 9.64 Å². The fourth-order valence-electron chi connectivity index (χ4n) is 3.95. The average Bonchev–Trinajstić information content (AvgIpc) is 3.18. The molecule has 2 aromatic rings. The summed E-state index contributed by atoms with van der Waals surface area (Å²) in [4.78, 5) is 13.3. The van der Waals surface area contributed by atoms with E-state index in [0.29, 0.717) is 18.4 Å². The lowest BCUT2D eigenvalue weighted by Crippen LogP contribution is -2.32. The number of nitrogens with zero attached hydrogens (tertiary/aromatic N) is 3. The van der Waals surface area contributed by atoms with Gasteiger partial charge in [0, 0.05) is 10.8 Å². The summed E-state index contributed by atoms with van der Waals surface area (Å²) in [6.45, 7) is 3.04. The van der Waals surface area contributed by atoms with Crippen molar-refractivity contribution in [2.75, 3.05) is 39.6 Å². The van der Waals surface area contributed by atoms with Crippen LogP contribution in [0.4, 0.5) is 0 Å². The summed E-state index contributed by atoms with van der Waals surface area (Å²) in [6.07, 6.45) is 6.72. The average molecular weight is 412 g/mol. The van der Waals surface area contributed by atoms with E-state index in [1.165, 1.54) is 4.88 Å². The van der Waals surface area contributed by atoms with Crippen LogP contribution in [-0.4, -0.2) is 62.9 Å². The number of piperidine rings is 1. The zero-order valence-electron chi connectivity index (χ0n) is 15.7. The van der Waals surface area contributed by atoms with Crippen LogP contribution in [0, 0.1) is 5.92 Å². The molecule has 2 aromatic heterocycles. The first kappa shape index (κ1) is 19.0. The molecule has 9 heteroatoms. The fraction of sp³-hybridized carbons (Fsp3) is 0.667. The van der Waals surface area contributed by atoms with Crippen molar-refractivity contribution in [3.8, 4) is 5.88 Å². The first-order chi connectivity index (χ1) is 12.9. The Kier molecular flexibility index (Phi) is 5.37. The molecule has 148 valence electrons.